The molecule has 0 aliphatic heterocycles. The lowest BCUT2D eigenvalue weighted by molar-refractivity contribution is -0.384. The van der Waals surface area contributed by atoms with Crippen LogP contribution in [0.4, 0.5) is 11.5 Å². The molecule has 0 bridgehead atoms. The molecule has 122 valence electrons. The summed E-state index contributed by atoms with van der Waals surface area (Å²) < 4.78 is 0. The summed E-state index contributed by atoms with van der Waals surface area (Å²) >= 11 is 7.25. The number of aliphatic hydroxyl groups excluding tert-OH is 2. The number of nitro groups is 1. The van der Waals surface area contributed by atoms with Gasteiger partial charge in [-0.3, -0.25) is 10.1 Å². The second kappa shape index (κ2) is 7.40. The Labute approximate surface area is 136 Å². The normalized spacial score (nSPS) is 24.5. The average Bonchev–Trinajstić information content (AvgIpc) is 2.76. The van der Waals surface area contributed by atoms with E-state index in [1.165, 1.54) is 11.8 Å². The Kier molecular flexibility index (Phi) is 5.79. The van der Waals surface area contributed by atoms with E-state index in [1.807, 2.05) is 6.92 Å². The maximum absolute atomic E-state index is 11.2. The van der Waals surface area contributed by atoms with Gasteiger partial charge in [0.2, 0.25) is 11.0 Å². The topological polar surface area (TPSA) is 121 Å². The predicted octanol–water partition coefficient (Wildman–Crippen LogP) is 1.84. The van der Waals surface area contributed by atoms with Crippen LogP contribution in [0.3, 0.4) is 0 Å². The average molecular weight is 349 g/mol. The second-order valence-corrected chi connectivity index (χ2v) is 6.41. The summed E-state index contributed by atoms with van der Waals surface area (Å²) in [6, 6.07) is -0.510. The van der Waals surface area contributed by atoms with Crippen LogP contribution >= 0.6 is 23.4 Å². The monoisotopic (exact) mass is 348 g/mol. The molecule has 0 spiro atoms. The number of nitrogens with zero attached hydrogens (tertiary/aromatic N) is 3. The van der Waals surface area contributed by atoms with Gasteiger partial charge in [-0.2, -0.15) is 4.98 Å². The Balaban J connectivity index is 2.30. The van der Waals surface area contributed by atoms with Crippen LogP contribution in [0.25, 0.3) is 0 Å². The van der Waals surface area contributed by atoms with Gasteiger partial charge in [0.25, 0.3) is 0 Å². The largest absolute Gasteiger partial charge is 0.390 e. The SMILES string of the molecule is CCCSc1nc(Cl)c([N+](=O)[O-])c(N[C@@H]2CC[C@@H](O)[C@H]2O)n1. The fraction of sp³-hybridized carbons (Fsp3) is 0.667. The molecule has 2 rings (SSSR count). The van der Waals surface area contributed by atoms with E-state index in [2.05, 4.69) is 15.3 Å². The molecule has 3 N–H and O–H groups in total. The maximum Gasteiger partial charge on any atom is 0.348 e. The molecule has 0 amide bonds. The lowest BCUT2D eigenvalue weighted by Gasteiger charge is -2.18. The molecule has 0 saturated heterocycles. The minimum absolute atomic E-state index is 0.0262. The zero-order chi connectivity index (χ0) is 16.3. The van der Waals surface area contributed by atoms with Crippen molar-refractivity contribution in [2.24, 2.45) is 0 Å². The number of nitrogens with one attached hydrogen (secondary N) is 1. The molecule has 1 aromatic heterocycles. The number of rotatable bonds is 6. The van der Waals surface area contributed by atoms with Gasteiger partial charge in [-0.05, 0) is 19.3 Å². The Morgan fingerprint density at radius 3 is 2.73 bits per heavy atom. The quantitative estimate of drug-likeness (QED) is 0.234. The van der Waals surface area contributed by atoms with Crippen molar-refractivity contribution in [3.8, 4) is 0 Å². The third kappa shape index (κ3) is 3.78. The van der Waals surface area contributed by atoms with Crippen molar-refractivity contribution in [2.45, 2.75) is 49.6 Å². The highest BCUT2D eigenvalue weighted by Gasteiger charge is 2.35. The first-order chi connectivity index (χ1) is 10.4. The van der Waals surface area contributed by atoms with E-state index in [9.17, 15) is 20.3 Å². The Morgan fingerprint density at radius 1 is 1.45 bits per heavy atom. The van der Waals surface area contributed by atoms with Crippen LogP contribution in [-0.2, 0) is 0 Å². The third-order valence-corrected chi connectivity index (χ3v) is 4.66. The van der Waals surface area contributed by atoms with Crippen molar-refractivity contribution < 1.29 is 15.1 Å². The third-order valence-electron chi connectivity index (χ3n) is 3.34. The molecule has 1 aliphatic rings. The van der Waals surface area contributed by atoms with Crippen molar-refractivity contribution in [3.05, 3.63) is 15.3 Å². The molecule has 1 fully saturated rings. The first kappa shape index (κ1) is 17.2. The van der Waals surface area contributed by atoms with Crippen LogP contribution in [0.15, 0.2) is 5.16 Å². The highest BCUT2D eigenvalue weighted by molar-refractivity contribution is 7.99. The van der Waals surface area contributed by atoms with Crippen LogP contribution in [-0.4, -0.2) is 49.1 Å². The van der Waals surface area contributed by atoms with Gasteiger partial charge in [0.15, 0.2) is 5.16 Å². The van der Waals surface area contributed by atoms with Gasteiger partial charge < -0.3 is 15.5 Å². The summed E-state index contributed by atoms with van der Waals surface area (Å²) in [6.45, 7) is 2.00. The highest BCUT2D eigenvalue weighted by atomic mass is 35.5. The maximum atomic E-state index is 11.2. The summed E-state index contributed by atoms with van der Waals surface area (Å²) in [5, 5.41) is 33.5. The highest BCUT2D eigenvalue weighted by Crippen LogP contribution is 2.34. The molecule has 1 saturated carbocycles. The van der Waals surface area contributed by atoms with E-state index in [1.54, 1.807) is 0 Å². The molecule has 0 radical (unpaired) electrons. The van der Waals surface area contributed by atoms with Gasteiger partial charge in [-0.15, -0.1) is 0 Å². The van der Waals surface area contributed by atoms with Crippen LogP contribution in [0, 0.1) is 10.1 Å². The molecule has 1 heterocycles. The first-order valence-electron chi connectivity index (χ1n) is 6.91. The molecular weight excluding hydrogens is 332 g/mol. The van der Waals surface area contributed by atoms with Gasteiger partial charge in [0.1, 0.15) is 0 Å². The van der Waals surface area contributed by atoms with Crippen molar-refractivity contribution in [2.75, 3.05) is 11.1 Å². The van der Waals surface area contributed by atoms with Gasteiger partial charge in [0, 0.05) is 5.75 Å². The number of aromatic nitrogens is 2. The Hall–Kier alpha value is -1.16. The number of hydrogen-bond donors (Lipinski definition) is 3. The van der Waals surface area contributed by atoms with E-state index in [4.69, 9.17) is 11.6 Å². The first-order valence-corrected chi connectivity index (χ1v) is 8.27. The van der Waals surface area contributed by atoms with Gasteiger partial charge in [-0.25, -0.2) is 4.98 Å². The van der Waals surface area contributed by atoms with Gasteiger partial charge in [-0.1, -0.05) is 30.3 Å². The van der Waals surface area contributed by atoms with Crippen molar-refractivity contribution in [1.29, 1.82) is 0 Å². The van der Waals surface area contributed by atoms with Crippen LogP contribution < -0.4 is 5.32 Å². The molecule has 22 heavy (non-hydrogen) atoms. The Morgan fingerprint density at radius 2 is 2.18 bits per heavy atom. The van der Waals surface area contributed by atoms with E-state index in [0.717, 1.165) is 12.2 Å². The zero-order valence-electron chi connectivity index (χ0n) is 11.9. The fourth-order valence-corrected chi connectivity index (χ4v) is 3.21. The number of hydrogen-bond acceptors (Lipinski definition) is 8. The van der Waals surface area contributed by atoms with E-state index >= 15 is 0 Å². The number of halogens is 1. The van der Waals surface area contributed by atoms with E-state index in [0.29, 0.717) is 18.0 Å². The fourth-order valence-electron chi connectivity index (χ4n) is 2.22. The number of thioether (sulfide) groups is 1. The minimum Gasteiger partial charge on any atom is -0.390 e. The Bertz CT molecular complexity index is 562. The van der Waals surface area contributed by atoms with Gasteiger partial charge in [0.05, 0.1) is 23.2 Å². The van der Waals surface area contributed by atoms with E-state index < -0.39 is 28.9 Å². The number of aliphatic hydroxyl groups is 2. The molecular formula is C12H17ClN4O4S. The second-order valence-electron chi connectivity index (χ2n) is 4.99. The molecule has 8 nitrogen and oxygen atoms in total. The number of anilines is 1. The summed E-state index contributed by atoms with van der Waals surface area (Å²) in [5.74, 6) is 0.736. The molecule has 0 unspecified atom stereocenters. The van der Waals surface area contributed by atoms with Crippen LogP contribution in [0.5, 0.6) is 0 Å². The standard InChI is InChI=1S/C12H17ClN4O4S/c1-2-5-22-12-15-10(13)8(17(20)21)11(16-12)14-6-3-4-7(18)9(6)19/h6-7,9,18-19H,2-5H2,1H3,(H,14,15,16)/t6-,7-,9+/m1/s1. The summed E-state index contributed by atoms with van der Waals surface area (Å²) in [5.41, 5.74) is -0.420. The molecule has 1 aromatic rings. The lowest BCUT2D eigenvalue weighted by atomic mass is 10.2. The smallest absolute Gasteiger partial charge is 0.348 e. The summed E-state index contributed by atoms with van der Waals surface area (Å²) in [6.07, 6.45) is -0.0386. The molecule has 0 aromatic carbocycles. The molecule has 1 aliphatic carbocycles. The van der Waals surface area contributed by atoms with Crippen molar-refractivity contribution >= 4 is 34.9 Å². The minimum atomic E-state index is -1.000. The lowest BCUT2D eigenvalue weighted by Crippen LogP contribution is -2.34. The predicted molar refractivity (Wildman–Crippen MR) is 83.4 cm³/mol. The molecule has 10 heteroatoms. The zero-order valence-corrected chi connectivity index (χ0v) is 13.5. The van der Waals surface area contributed by atoms with Crippen LogP contribution in [0.2, 0.25) is 5.15 Å². The van der Waals surface area contributed by atoms with Crippen molar-refractivity contribution in [1.82, 2.24) is 9.97 Å². The summed E-state index contributed by atoms with van der Waals surface area (Å²) in [7, 11) is 0. The summed E-state index contributed by atoms with van der Waals surface area (Å²) in [4.78, 5) is 18.6. The van der Waals surface area contributed by atoms with Gasteiger partial charge >= 0.3 is 5.69 Å². The van der Waals surface area contributed by atoms with E-state index in [-0.39, 0.29) is 11.0 Å². The van der Waals surface area contributed by atoms with Crippen LogP contribution in [0.1, 0.15) is 26.2 Å². The molecule has 3 atom stereocenters. The van der Waals surface area contributed by atoms with Crippen molar-refractivity contribution in [3.63, 3.8) is 0 Å².